The van der Waals surface area contributed by atoms with Crippen molar-refractivity contribution in [3.8, 4) is 0 Å². The first-order chi connectivity index (χ1) is 7.59. The highest BCUT2D eigenvalue weighted by molar-refractivity contribution is 6.20. The molecule has 0 amide bonds. The summed E-state index contributed by atoms with van der Waals surface area (Å²) in [5.74, 6) is -1.02. The van der Waals surface area contributed by atoms with Crippen LogP contribution in [0, 0.1) is 0 Å². The van der Waals surface area contributed by atoms with Crippen LogP contribution in [0.1, 0.15) is 17.4 Å². The summed E-state index contributed by atoms with van der Waals surface area (Å²) >= 11 is 5.89. The van der Waals surface area contributed by atoms with E-state index in [-0.39, 0.29) is 11.1 Å². The summed E-state index contributed by atoms with van der Waals surface area (Å²) < 4.78 is 1.64. The summed E-state index contributed by atoms with van der Waals surface area (Å²) in [6.45, 7) is 2.34. The van der Waals surface area contributed by atoms with E-state index in [9.17, 15) is 4.79 Å². The second kappa shape index (κ2) is 4.14. The minimum atomic E-state index is -1.02. The van der Waals surface area contributed by atoms with Gasteiger partial charge in [-0.15, -0.1) is 11.6 Å². The monoisotopic (exact) mass is 238 g/mol. The van der Waals surface area contributed by atoms with Gasteiger partial charge < -0.3 is 5.11 Å². The minimum Gasteiger partial charge on any atom is -0.476 e. The van der Waals surface area contributed by atoms with Crippen LogP contribution in [0.5, 0.6) is 0 Å². The number of carboxylic acids is 1. The third kappa shape index (κ3) is 1.88. The van der Waals surface area contributed by atoms with Gasteiger partial charge in [0.05, 0.1) is 17.4 Å². The average Bonchev–Trinajstić information content (AvgIpc) is 2.57. The van der Waals surface area contributed by atoms with E-state index in [0.29, 0.717) is 11.9 Å². The standard InChI is InChI=1S/C11H11ClN2O2/c1-7(12)6-14-9-5-3-2-4-8(9)10(13-14)11(15)16/h2-5,7H,6H2,1H3,(H,15,16). The highest BCUT2D eigenvalue weighted by Crippen LogP contribution is 2.19. The van der Waals surface area contributed by atoms with Crippen molar-refractivity contribution in [2.75, 3.05) is 0 Å². The summed E-state index contributed by atoms with van der Waals surface area (Å²) in [7, 11) is 0. The van der Waals surface area contributed by atoms with Crippen LogP contribution in [-0.4, -0.2) is 26.2 Å². The number of benzene rings is 1. The summed E-state index contributed by atoms with van der Waals surface area (Å²) in [6, 6.07) is 7.24. The summed E-state index contributed by atoms with van der Waals surface area (Å²) in [5.41, 5.74) is 0.875. The molecule has 16 heavy (non-hydrogen) atoms. The maximum Gasteiger partial charge on any atom is 0.357 e. The van der Waals surface area contributed by atoms with Crippen molar-refractivity contribution in [2.24, 2.45) is 0 Å². The predicted molar refractivity (Wildman–Crippen MR) is 62.0 cm³/mol. The maximum atomic E-state index is 11.0. The molecule has 1 unspecified atom stereocenters. The van der Waals surface area contributed by atoms with Crippen molar-refractivity contribution in [1.82, 2.24) is 9.78 Å². The Balaban J connectivity index is 2.62. The third-order valence-electron chi connectivity index (χ3n) is 2.29. The number of para-hydroxylation sites is 1. The van der Waals surface area contributed by atoms with Crippen LogP contribution in [0.25, 0.3) is 10.9 Å². The Bertz CT molecular complexity index is 534. The molecule has 2 aromatic rings. The van der Waals surface area contributed by atoms with Gasteiger partial charge in [0.2, 0.25) is 0 Å². The van der Waals surface area contributed by atoms with Crippen LogP contribution in [0.3, 0.4) is 0 Å². The molecule has 0 aliphatic carbocycles. The van der Waals surface area contributed by atoms with Crippen LogP contribution in [-0.2, 0) is 6.54 Å². The normalized spacial score (nSPS) is 12.9. The molecule has 0 aliphatic heterocycles. The Labute approximate surface area is 97.4 Å². The molecule has 0 radical (unpaired) electrons. The number of alkyl halides is 1. The lowest BCUT2D eigenvalue weighted by Crippen LogP contribution is -2.09. The number of hydrogen-bond donors (Lipinski definition) is 1. The first-order valence-electron chi connectivity index (χ1n) is 4.92. The first kappa shape index (κ1) is 11.0. The van der Waals surface area contributed by atoms with Crippen LogP contribution in [0.2, 0.25) is 0 Å². The molecule has 0 fully saturated rings. The van der Waals surface area contributed by atoms with Gasteiger partial charge in [0.1, 0.15) is 0 Å². The van der Waals surface area contributed by atoms with Crippen molar-refractivity contribution in [3.05, 3.63) is 30.0 Å². The Morgan fingerprint density at radius 3 is 2.88 bits per heavy atom. The highest BCUT2D eigenvalue weighted by Gasteiger charge is 2.16. The molecule has 1 heterocycles. The fourth-order valence-electron chi connectivity index (χ4n) is 1.66. The second-order valence-electron chi connectivity index (χ2n) is 3.63. The molecule has 84 valence electrons. The van der Waals surface area contributed by atoms with Crippen LogP contribution in [0.4, 0.5) is 0 Å². The molecule has 0 bridgehead atoms. The van der Waals surface area contributed by atoms with Gasteiger partial charge in [0.15, 0.2) is 5.69 Å². The Morgan fingerprint density at radius 2 is 2.25 bits per heavy atom. The van der Waals surface area contributed by atoms with E-state index in [0.717, 1.165) is 5.52 Å². The van der Waals surface area contributed by atoms with E-state index in [1.807, 2.05) is 19.1 Å². The fraction of sp³-hybridized carbons (Fsp3) is 0.273. The van der Waals surface area contributed by atoms with E-state index in [1.165, 1.54) is 0 Å². The molecule has 0 saturated heterocycles. The number of fused-ring (bicyclic) bond motifs is 1. The smallest absolute Gasteiger partial charge is 0.357 e. The molecular formula is C11H11ClN2O2. The average molecular weight is 239 g/mol. The lowest BCUT2D eigenvalue weighted by molar-refractivity contribution is 0.0691. The van der Waals surface area contributed by atoms with Crippen LogP contribution < -0.4 is 0 Å². The number of halogens is 1. The molecule has 0 spiro atoms. The molecule has 4 nitrogen and oxygen atoms in total. The van der Waals surface area contributed by atoms with Crippen molar-refractivity contribution >= 4 is 28.5 Å². The Kier molecular flexibility index (Phi) is 2.83. The zero-order chi connectivity index (χ0) is 11.7. The van der Waals surface area contributed by atoms with Gasteiger partial charge >= 0.3 is 5.97 Å². The van der Waals surface area contributed by atoms with Gasteiger partial charge in [-0.25, -0.2) is 4.79 Å². The topological polar surface area (TPSA) is 55.1 Å². The number of carboxylic acid groups (broad SMARTS) is 1. The van der Waals surface area contributed by atoms with Crippen molar-refractivity contribution < 1.29 is 9.90 Å². The number of rotatable bonds is 3. The minimum absolute atomic E-state index is 0.0768. The van der Waals surface area contributed by atoms with Crippen LogP contribution >= 0.6 is 11.6 Å². The predicted octanol–water partition coefficient (Wildman–Crippen LogP) is 2.36. The highest BCUT2D eigenvalue weighted by atomic mass is 35.5. The molecule has 0 aliphatic rings. The van der Waals surface area contributed by atoms with E-state index >= 15 is 0 Å². The number of hydrogen-bond acceptors (Lipinski definition) is 2. The largest absolute Gasteiger partial charge is 0.476 e. The molecule has 1 N–H and O–H groups in total. The van der Waals surface area contributed by atoms with Gasteiger partial charge in [-0.1, -0.05) is 18.2 Å². The molecule has 1 atom stereocenters. The fourth-order valence-corrected chi connectivity index (χ4v) is 1.79. The first-order valence-corrected chi connectivity index (χ1v) is 5.36. The van der Waals surface area contributed by atoms with Gasteiger partial charge in [-0.3, -0.25) is 4.68 Å². The van der Waals surface area contributed by atoms with E-state index in [4.69, 9.17) is 16.7 Å². The lowest BCUT2D eigenvalue weighted by atomic mass is 10.2. The molecule has 2 rings (SSSR count). The van der Waals surface area contributed by atoms with E-state index in [2.05, 4.69) is 5.10 Å². The Morgan fingerprint density at radius 1 is 1.56 bits per heavy atom. The molecule has 5 heteroatoms. The van der Waals surface area contributed by atoms with Crippen LogP contribution in [0.15, 0.2) is 24.3 Å². The van der Waals surface area contributed by atoms with Crippen molar-refractivity contribution in [1.29, 1.82) is 0 Å². The summed E-state index contributed by atoms with van der Waals surface area (Å²) in [5, 5.41) is 13.6. The SMILES string of the molecule is CC(Cl)Cn1nc(C(=O)O)c2ccccc21. The number of nitrogens with zero attached hydrogens (tertiary/aromatic N) is 2. The van der Waals surface area contributed by atoms with E-state index in [1.54, 1.807) is 16.8 Å². The lowest BCUT2D eigenvalue weighted by Gasteiger charge is -2.04. The molecule has 0 saturated carbocycles. The number of aromatic nitrogens is 2. The third-order valence-corrected chi connectivity index (χ3v) is 2.42. The number of aromatic carboxylic acids is 1. The van der Waals surface area contributed by atoms with Gasteiger partial charge in [0, 0.05) is 5.39 Å². The zero-order valence-electron chi connectivity index (χ0n) is 8.72. The van der Waals surface area contributed by atoms with Gasteiger partial charge in [-0.05, 0) is 13.0 Å². The summed E-state index contributed by atoms with van der Waals surface area (Å²) in [4.78, 5) is 11.0. The summed E-state index contributed by atoms with van der Waals surface area (Å²) in [6.07, 6.45) is 0. The molecule has 1 aromatic heterocycles. The quantitative estimate of drug-likeness (QED) is 0.836. The van der Waals surface area contributed by atoms with Gasteiger partial charge in [0.25, 0.3) is 0 Å². The second-order valence-corrected chi connectivity index (χ2v) is 4.38. The zero-order valence-corrected chi connectivity index (χ0v) is 9.48. The van der Waals surface area contributed by atoms with Crippen molar-refractivity contribution in [3.63, 3.8) is 0 Å². The van der Waals surface area contributed by atoms with E-state index < -0.39 is 5.97 Å². The maximum absolute atomic E-state index is 11.0. The number of carbonyl (C=O) groups is 1. The molecular weight excluding hydrogens is 228 g/mol. The molecule has 1 aromatic carbocycles. The Hall–Kier alpha value is -1.55. The van der Waals surface area contributed by atoms with Gasteiger partial charge in [-0.2, -0.15) is 5.10 Å². The van der Waals surface area contributed by atoms with Crippen molar-refractivity contribution in [2.45, 2.75) is 18.8 Å².